The van der Waals surface area contributed by atoms with Crippen molar-refractivity contribution < 1.29 is 9.18 Å². The molecule has 0 aliphatic carbocycles. The normalized spacial score (nSPS) is 18.9. The average Bonchev–Trinajstić information content (AvgIpc) is 2.81. The lowest BCUT2D eigenvalue weighted by Gasteiger charge is -2.10. The lowest BCUT2D eigenvalue weighted by atomic mass is 10.1. The smallest absolute Gasteiger partial charge is 0.252 e. The first-order valence-electron chi connectivity index (χ1n) is 6.11. The van der Waals surface area contributed by atoms with E-state index in [1.165, 1.54) is 24.6 Å². The van der Waals surface area contributed by atoms with Crippen molar-refractivity contribution in [2.45, 2.75) is 12.8 Å². The van der Waals surface area contributed by atoms with E-state index >= 15 is 0 Å². The number of nitrogens with one attached hydrogen (secondary N) is 2. The van der Waals surface area contributed by atoms with Crippen LogP contribution in [0.2, 0.25) is 0 Å². The molecule has 0 bridgehead atoms. The van der Waals surface area contributed by atoms with E-state index in [0.29, 0.717) is 21.6 Å². The molecule has 1 fully saturated rings. The van der Waals surface area contributed by atoms with E-state index in [4.69, 9.17) is 0 Å². The number of carbonyl (C=O) groups is 1. The van der Waals surface area contributed by atoms with Gasteiger partial charge in [-0.25, -0.2) is 4.39 Å². The van der Waals surface area contributed by atoms with Gasteiger partial charge in [0.2, 0.25) is 0 Å². The van der Waals surface area contributed by atoms with E-state index in [0.717, 1.165) is 19.5 Å². The summed E-state index contributed by atoms with van der Waals surface area (Å²) in [4.78, 5) is 11.9. The highest BCUT2D eigenvalue weighted by atomic mass is 127. The molecule has 5 heteroatoms. The Hall–Kier alpha value is -0.690. The van der Waals surface area contributed by atoms with E-state index in [-0.39, 0.29) is 11.7 Å². The first-order valence-corrected chi connectivity index (χ1v) is 7.18. The minimum Gasteiger partial charge on any atom is -0.352 e. The maximum absolute atomic E-state index is 12.9. The highest BCUT2D eigenvalue weighted by Gasteiger charge is 2.15. The second-order valence-electron chi connectivity index (χ2n) is 4.53. The summed E-state index contributed by atoms with van der Waals surface area (Å²) in [5.41, 5.74) is 0.543. The van der Waals surface area contributed by atoms with Crippen LogP contribution in [0.25, 0.3) is 0 Å². The zero-order valence-electron chi connectivity index (χ0n) is 10.0. The molecule has 0 spiro atoms. The molecule has 1 aromatic carbocycles. The molecule has 2 N–H and O–H groups in total. The Morgan fingerprint density at radius 1 is 1.56 bits per heavy atom. The van der Waals surface area contributed by atoms with Gasteiger partial charge in [0, 0.05) is 10.1 Å². The van der Waals surface area contributed by atoms with Crippen LogP contribution < -0.4 is 10.6 Å². The molecular weight excluding hydrogens is 346 g/mol. The number of rotatable bonds is 4. The standard InChI is InChI=1S/C13H16FIN2O/c14-10-1-2-11(12(15)7-10)13(18)17-6-4-9-3-5-16-8-9/h1-2,7,9,16H,3-6,8H2,(H,17,18). The summed E-state index contributed by atoms with van der Waals surface area (Å²) in [6.45, 7) is 2.80. The Balaban J connectivity index is 1.83. The van der Waals surface area contributed by atoms with E-state index in [9.17, 15) is 9.18 Å². The molecule has 1 aromatic rings. The minimum atomic E-state index is -0.312. The first kappa shape index (κ1) is 13.7. The fourth-order valence-corrected chi connectivity index (χ4v) is 2.84. The Bertz CT molecular complexity index is 433. The van der Waals surface area contributed by atoms with Crippen LogP contribution in [0, 0.1) is 15.3 Å². The van der Waals surface area contributed by atoms with Crippen molar-refractivity contribution in [2.24, 2.45) is 5.92 Å². The van der Waals surface area contributed by atoms with Crippen molar-refractivity contribution in [3.8, 4) is 0 Å². The van der Waals surface area contributed by atoms with Gasteiger partial charge in [-0.15, -0.1) is 0 Å². The maximum atomic E-state index is 12.9. The third kappa shape index (κ3) is 3.65. The van der Waals surface area contributed by atoms with Gasteiger partial charge in [-0.05, 0) is 72.6 Å². The fourth-order valence-electron chi connectivity index (χ4n) is 2.12. The quantitative estimate of drug-likeness (QED) is 0.807. The van der Waals surface area contributed by atoms with Crippen molar-refractivity contribution in [3.63, 3.8) is 0 Å². The topological polar surface area (TPSA) is 41.1 Å². The summed E-state index contributed by atoms with van der Waals surface area (Å²) >= 11 is 1.98. The zero-order chi connectivity index (χ0) is 13.0. The van der Waals surface area contributed by atoms with Crippen molar-refractivity contribution in [1.82, 2.24) is 10.6 Å². The Morgan fingerprint density at radius 3 is 3.06 bits per heavy atom. The van der Waals surface area contributed by atoms with Crippen molar-refractivity contribution in [3.05, 3.63) is 33.1 Å². The summed E-state index contributed by atoms with van der Waals surface area (Å²) in [7, 11) is 0. The SMILES string of the molecule is O=C(NCCC1CCNC1)c1ccc(F)cc1I. The van der Waals surface area contributed by atoms with Gasteiger partial charge < -0.3 is 10.6 Å². The molecule has 1 heterocycles. The van der Waals surface area contributed by atoms with Gasteiger partial charge in [0.15, 0.2) is 0 Å². The lowest BCUT2D eigenvalue weighted by Crippen LogP contribution is -2.27. The summed E-state index contributed by atoms with van der Waals surface area (Å²) in [6.07, 6.45) is 2.18. The van der Waals surface area contributed by atoms with Crippen LogP contribution in [0.5, 0.6) is 0 Å². The molecule has 0 radical (unpaired) electrons. The van der Waals surface area contributed by atoms with Gasteiger partial charge in [-0.1, -0.05) is 0 Å². The lowest BCUT2D eigenvalue weighted by molar-refractivity contribution is 0.0950. The third-order valence-electron chi connectivity index (χ3n) is 3.18. The van der Waals surface area contributed by atoms with E-state index in [2.05, 4.69) is 10.6 Å². The molecule has 1 unspecified atom stereocenters. The second kappa shape index (κ2) is 6.47. The number of hydrogen-bond acceptors (Lipinski definition) is 2. The summed E-state index contributed by atoms with van der Waals surface area (Å²) in [5, 5.41) is 6.19. The monoisotopic (exact) mass is 362 g/mol. The molecule has 18 heavy (non-hydrogen) atoms. The molecule has 1 saturated heterocycles. The predicted molar refractivity (Wildman–Crippen MR) is 77.0 cm³/mol. The van der Waals surface area contributed by atoms with Crippen molar-refractivity contribution in [1.29, 1.82) is 0 Å². The highest BCUT2D eigenvalue weighted by molar-refractivity contribution is 14.1. The molecule has 1 aliphatic rings. The number of benzene rings is 1. The molecule has 98 valence electrons. The molecule has 1 amide bonds. The predicted octanol–water partition coefficient (Wildman–Crippen LogP) is 2.16. The molecule has 0 saturated carbocycles. The maximum Gasteiger partial charge on any atom is 0.252 e. The highest BCUT2D eigenvalue weighted by Crippen LogP contribution is 2.14. The number of carbonyl (C=O) groups excluding carboxylic acids is 1. The summed E-state index contributed by atoms with van der Waals surface area (Å²) < 4.78 is 13.6. The van der Waals surface area contributed by atoms with E-state index in [1.807, 2.05) is 22.6 Å². The number of hydrogen-bond donors (Lipinski definition) is 2. The van der Waals surface area contributed by atoms with Crippen molar-refractivity contribution in [2.75, 3.05) is 19.6 Å². The van der Waals surface area contributed by atoms with Crippen LogP contribution in [0.15, 0.2) is 18.2 Å². The largest absolute Gasteiger partial charge is 0.352 e. The van der Waals surface area contributed by atoms with Gasteiger partial charge in [0.05, 0.1) is 5.56 Å². The van der Waals surface area contributed by atoms with Gasteiger partial charge in [0.1, 0.15) is 5.82 Å². The van der Waals surface area contributed by atoms with Crippen LogP contribution in [-0.4, -0.2) is 25.5 Å². The molecule has 3 nitrogen and oxygen atoms in total. The minimum absolute atomic E-state index is 0.120. The molecule has 0 aromatic heterocycles. The zero-order valence-corrected chi connectivity index (χ0v) is 12.2. The van der Waals surface area contributed by atoms with E-state index < -0.39 is 0 Å². The van der Waals surface area contributed by atoms with Crippen molar-refractivity contribution >= 4 is 28.5 Å². The fraction of sp³-hybridized carbons (Fsp3) is 0.462. The number of halogens is 2. The second-order valence-corrected chi connectivity index (χ2v) is 5.69. The van der Waals surface area contributed by atoms with Crippen LogP contribution in [0.3, 0.4) is 0 Å². The third-order valence-corrected chi connectivity index (χ3v) is 4.07. The molecule has 1 atom stereocenters. The first-order chi connectivity index (χ1) is 8.66. The molecule has 2 rings (SSSR count). The van der Waals surface area contributed by atoms with Gasteiger partial charge >= 0.3 is 0 Å². The van der Waals surface area contributed by atoms with Gasteiger partial charge in [-0.2, -0.15) is 0 Å². The van der Waals surface area contributed by atoms with E-state index in [1.54, 1.807) is 0 Å². The average molecular weight is 362 g/mol. The van der Waals surface area contributed by atoms with Crippen LogP contribution in [0.1, 0.15) is 23.2 Å². The van der Waals surface area contributed by atoms with Gasteiger partial charge in [0.25, 0.3) is 5.91 Å². The Kier molecular flexibility index (Phi) is 4.94. The van der Waals surface area contributed by atoms with Crippen LogP contribution >= 0.6 is 22.6 Å². The summed E-state index contributed by atoms with van der Waals surface area (Å²) in [5.74, 6) is 0.232. The van der Waals surface area contributed by atoms with Gasteiger partial charge in [-0.3, -0.25) is 4.79 Å². The van der Waals surface area contributed by atoms with Crippen LogP contribution in [-0.2, 0) is 0 Å². The summed E-state index contributed by atoms with van der Waals surface area (Å²) in [6, 6.07) is 4.22. The molecule has 1 aliphatic heterocycles. The number of amides is 1. The van der Waals surface area contributed by atoms with Crippen LogP contribution in [0.4, 0.5) is 4.39 Å². The Morgan fingerprint density at radius 2 is 2.39 bits per heavy atom. The molecular formula is C13H16FIN2O. The Labute approximate surface area is 120 Å².